The molecule has 0 spiro atoms. The van der Waals surface area contributed by atoms with Crippen molar-refractivity contribution < 1.29 is 28.5 Å². The van der Waals surface area contributed by atoms with Crippen LogP contribution >= 0.6 is 0 Å². The number of carbonyl (C=O) groups excluding carboxylic acids is 2. The summed E-state index contributed by atoms with van der Waals surface area (Å²) in [5.41, 5.74) is 0. The van der Waals surface area contributed by atoms with Crippen LogP contribution in [0.5, 0.6) is 0 Å². The molecule has 0 N–H and O–H groups in total. The van der Waals surface area contributed by atoms with Gasteiger partial charge in [0.1, 0.15) is 6.61 Å². The summed E-state index contributed by atoms with van der Waals surface area (Å²) in [6.07, 6.45) is 0.00332. The Labute approximate surface area is 100 Å². The third kappa shape index (κ3) is 6.23. The third-order valence-corrected chi connectivity index (χ3v) is 2.15. The molecule has 0 aromatic carbocycles. The van der Waals surface area contributed by atoms with Gasteiger partial charge in [-0.05, 0) is 6.92 Å². The molecule has 1 aliphatic rings. The summed E-state index contributed by atoms with van der Waals surface area (Å²) < 4.78 is 20.0. The molecule has 1 saturated heterocycles. The van der Waals surface area contributed by atoms with Gasteiger partial charge in [-0.15, -0.1) is 0 Å². The molecular formula is C11H18O6. The molecule has 0 aromatic rings. The Morgan fingerprint density at radius 3 is 2.71 bits per heavy atom. The topological polar surface area (TPSA) is 71.1 Å². The summed E-state index contributed by atoms with van der Waals surface area (Å²) in [4.78, 5) is 22.3. The van der Waals surface area contributed by atoms with E-state index in [1.165, 1.54) is 0 Å². The fourth-order valence-corrected chi connectivity index (χ4v) is 1.38. The van der Waals surface area contributed by atoms with Crippen LogP contribution in [0.1, 0.15) is 19.8 Å². The van der Waals surface area contributed by atoms with Crippen molar-refractivity contribution in [2.75, 3.05) is 33.0 Å². The van der Waals surface area contributed by atoms with E-state index in [0.29, 0.717) is 26.4 Å². The van der Waals surface area contributed by atoms with Crippen LogP contribution in [0, 0.1) is 0 Å². The number of carbonyl (C=O) groups is 2. The highest BCUT2D eigenvalue weighted by molar-refractivity contribution is 5.72. The normalized spacial score (nSPS) is 19.7. The van der Waals surface area contributed by atoms with Crippen LogP contribution in [0.15, 0.2) is 0 Å². The van der Waals surface area contributed by atoms with Crippen molar-refractivity contribution in [3.05, 3.63) is 0 Å². The van der Waals surface area contributed by atoms with Gasteiger partial charge in [-0.1, -0.05) is 0 Å². The van der Waals surface area contributed by atoms with Crippen molar-refractivity contribution >= 4 is 11.9 Å². The van der Waals surface area contributed by atoms with E-state index < -0.39 is 0 Å². The monoisotopic (exact) mass is 246 g/mol. The fraction of sp³-hybridized carbons (Fsp3) is 0.818. The molecule has 1 fully saturated rings. The highest BCUT2D eigenvalue weighted by atomic mass is 16.6. The molecule has 0 aliphatic carbocycles. The molecule has 0 radical (unpaired) electrons. The highest BCUT2D eigenvalue weighted by Crippen LogP contribution is 2.06. The lowest BCUT2D eigenvalue weighted by Crippen LogP contribution is -2.31. The zero-order valence-electron chi connectivity index (χ0n) is 9.98. The molecule has 0 saturated carbocycles. The van der Waals surface area contributed by atoms with Crippen LogP contribution < -0.4 is 0 Å². The summed E-state index contributed by atoms with van der Waals surface area (Å²) in [6.45, 7) is 3.58. The van der Waals surface area contributed by atoms with E-state index in [-0.39, 0.29) is 37.5 Å². The second kappa shape index (κ2) is 8.03. The molecule has 6 heteroatoms. The maximum absolute atomic E-state index is 11.3. The maximum Gasteiger partial charge on any atom is 0.309 e. The first-order valence-corrected chi connectivity index (χ1v) is 5.73. The molecule has 17 heavy (non-hydrogen) atoms. The predicted octanol–water partition coefficient (Wildman–Crippen LogP) is 0.288. The van der Waals surface area contributed by atoms with Gasteiger partial charge in [-0.2, -0.15) is 0 Å². The van der Waals surface area contributed by atoms with Gasteiger partial charge in [-0.25, -0.2) is 0 Å². The summed E-state index contributed by atoms with van der Waals surface area (Å²) in [5.74, 6) is -0.748. The standard InChI is InChI=1S/C11H18O6/c1-2-15-10(12)3-4-17-11(13)7-9-8-14-5-6-16-9/h9H,2-8H2,1H3. The molecule has 0 bridgehead atoms. The molecule has 1 unspecified atom stereocenters. The predicted molar refractivity (Wildman–Crippen MR) is 57.4 cm³/mol. The smallest absolute Gasteiger partial charge is 0.309 e. The Morgan fingerprint density at radius 2 is 2.06 bits per heavy atom. The average Bonchev–Trinajstić information content (AvgIpc) is 2.30. The molecular weight excluding hydrogens is 228 g/mol. The summed E-state index contributed by atoms with van der Waals surface area (Å²) in [6, 6.07) is 0. The Bertz CT molecular complexity index is 246. The van der Waals surface area contributed by atoms with Crippen molar-refractivity contribution in [2.45, 2.75) is 25.9 Å². The number of hydrogen-bond donors (Lipinski definition) is 0. The average molecular weight is 246 g/mol. The zero-order chi connectivity index (χ0) is 12.5. The second-order valence-electron chi connectivity index (χ2n) is 3.55. The Morgan fingerprint density at radius 1 is 1.24 bits per heavy atom. The molecule has 1 rings (SSSR count). The third-order valence-electron chi connectivity index (χ3n) is 2.15. The zero-order valence-corrected chi connectivity index (χ0v) is 9.98. The van der Waals surface area contributed by atoms with Gasteiger partial charge in [0, 0.05) is 0 Å². The minimum atomic E-state index is -0.384. The van der Waals surface area contributed by atoms with E-state index in [9.17, 15) is 9.59 Å². The minimum absolute atomic E-state index is 0.0469. The van der Waals surface area contributed by atoms with E-state index in [1.807, 2.05) is 0 Å². The molecule has 0 aromatic heterocycles. The second-order valence-corrected chi connectivity index (χ2v) is 3.55. The first-order chi connectivity index (χ1) is 8.22. The van der Waals surface area contributed by atoms with Crippen LogP contribution in [0.3, 0.4) is 0 Å². The van der Waals surface area contributed by atoms with Gasteiger partial charge in [0.05, 0.1) is 45.4 Å². The van der Waals surface area contributed by atoms with Crippen LogP contribution in [-0.2, 0) is 28.5 Å². The van der Waals surface area contributed by atoms with Crippen molar-refractivity contribution in [3.63, 3.8) is 0 Å². The Hall–Kier alpha value is -1.14. The van der Waals surface area contributed by atoms with E-state index in [4.69, 9.17) is 18.9 Å². The van der Waals surface area contributed by atoms with E-state index in [0.717, 1.165) is 0 Å². The van der Waals surface area contributed by atoms with Crippen molar-refractivity contribution in [1.29, 1.82) is 0 Å². The Balaban J connectivity index is 2.06. The van der Waals surface area contributed by atoms with Gasteiger partial charge in [-0.3, -0.25) is 9.59 Å². The molecule has 0 amide bonds. The lowest BCUT2D eigenvalue weighted by atomic mass is 10.2. The van der Waals surface area contributed by atoms with Crippen molar-refractivity contribution in [2.24, 2.45) is 0 Å². The van der Waals surface area contributed by atoms with E-state index in [2.05, 4.69) is 0 Å². The van der Waals surface area contributed by atoms with Crippen LogP contribution in [0.4, 0.5) is 0 Å². The lowest BCUT2D eigenvalue weighted by Gasteiger charge is -2.21. The Kier molecular flexibility index (Phi) is 6.57. The molecule has 98 valence electrons. The number of ether oxygens (including phenoxy) is 4. The van der Waals surface area contributed by atoms with Crippen LogP contribution in [0.25, 0.3) is 0 Å². The minimum Gasteiger partial charge on any atom is -0.466 e. The number of esters is 2. The lowest BCUT2D eigenvalue weighted by molar-refractivity contribution is -0.154. The van der Waals surface area contributed by atoms with Crippen molar-refractivity contribution in [3.8, 4) is 0 Å². The molecule has 1 aliphatic heterocycles. The highest BCUT2D eigenvalue weighted by Gasteiger charge is 2.19. The number of rotatable bonds is 6. The van der Waals surface area contributed by atoms with Gasteiger partial charge >= 0.3 is 11.9 Å². The molecule has 1 atom stereocenters. The van der Waals surface area contributed by atoms with Gasteiger partial charge < -0.3 is 18.9 Å². The van der Waals surface area contributed by atoms with Gasteiger partial charge in [0.25, 0.3) is 0 Å². The molecule has 1 heterocycles. The van der Waals surface area contributed by atoms with Gasteiger partial charge in [0.2, 0.25) is 0 Å². The maximum atomic E-state index is 11.3. The van der Waals surface area contributed by atoms with E-state index >= 15 is 0 Å². The summed E-state index contributed by atoms with van der Waals surface area (Å²) in [5, 5.41) is 0. The van der Waals surface area contributed by atoms with Crippen LogP contribution in [0.2, 0.25) is 0 Å². The SMILES string of the molecule is CCOC(=O)CCOC(=O)CC1COCCO1. The largest absolute Gasteiger partial charge is 0.466 e. The fourth-order valence-electron chi connectivity index (χ4n) is 1.38. The van der Waals surface area contributed by atoms with Crippen LogP contribution in [-0.4, -0.2) is 51.1 Å². The number of hydrogen-bond acceptors (Lipinski definition) is 6. The first-order valence-electron chi connectivity index (χ1n) is 5.73. The first kappa shape index (κ1) is 13.9. The quantitative estimate of drug-likeness (QED) is 0.627. The summed E-state index contributed by atoms with van der Waals surface area (Å²) >= 11 is 0. The van der Waals surface area contributed by atoms with E-state index in [1.54, 1.807) is 6.92 Å². The summed E-state index contributed by atoms with van der Waals surface area (Å²) in [7, 11) is 0. The van der Waals surface area contributed by atoms with Crippen molar-refractivity contribution in [1.82, 2.24) is 0 Å². The van der Waals surface area contributed by atoms with Gasteiger partial charge in [0.15, 0.2) is 0 Å². The molecule has 6 nitrogen and oxygen atoms in total.